The zero-order valence-electron chi connectivity index (χ0n) is 11.4. The zero-order valence-corrected chi connectivity index (χ0v) is 11.4. The third-order valence-electron chi connectivity index (χ3n) is 4.26. The fraction of sp³-hybridized carbons (Fsp3) is 0.625. The summed E-state index contributed by atoms with van der Waals surface area (Å²) in [5.41, 5.74) is 7.65. The topological polar surface area (TPSA) is 44.5 Å². The van der Waals surface area contributed by atoms with Crippen LogP contribution in [0.25, 0.3) is 0 Å². The van der Waals surface area contributed by atoms with Gasteiger partial charge in [-0.15, -0.1) is 0 Å². The van der Waals surface area contributed by atoms with E-state index in [0.717, 1.165) is 38.2 Å². The van der Waals surface area contributed by atoms with Crippen LogP contribution in [-0.2, 0) is 4.74 Å². The highest BCUT2D eigenvalue weighted by Gasteiger charge is 2.25. The number of nitrogens with two attached hydrogens (primary N) is 1. The highest BCUT2D eigenvalue weighted by atomic mass is 16.5. The average molecular weight is 261 g/mol. The summed E-state index contributed by atoms with van der Waals surface area (Å²) >= 11 is 0. The van der Waals surface area contributed by atoms with Crippen LogP contribution in [0.3, 0.4) is 0 Å². The fourth-order valence-corrected chi connectivity index (χ4v) is 3.29. The molecule has 0 saturated carbocycles. The number of para-hydroxylation sites is 1. The lowest BCUT2D eigenvalue weighted by molar-refractivity contribution is 0.0962. The van der Waals surface area contributed by atoms with E-state index in [2.05, 4.69) is 18.2 Å². The Labute approximate surface area is 115 Å². The van der Waals surface area contributed by atoms with Crippen LogP contribution in [0.1, 0.15) is 43.6 Å². The molecule has 0 radical (unpaired) electrons. The van der Waals surface area contributed by atoms with Crippen molar-refractivity contribution >= 4 is 0 Å². The van der Waals surface area contributed by atoms with Gasteiger partial charge in [0.25, 0.3) is 0 Å². The Morgan fingerprint density at radius 3 is 2.89 bits per heavy atom. The number of ether oxygens (including phenoxy) is 2. The SMILES string of the molecule is NC(CC1CCCO1)CC1CCOc2ccccc21. The molecule has 3 unspecified atom stereocenters. The van der Waals surface area contributed by atoms with Crippen molar-refractivity contribution in [3.63, 3.8) is 0 Å². The molecule has 2 aliphatic heterocycles. The van der Waals surface area contributed by atoms with Crippen LogP contribution in [-0.4, -0.2) is 25.4 Å². The Bertz CT molecular complexity index is 415. The molecule has 0 aliphatic carbocycles. The molecule has 1 aromatic rings. The van der Waals surface area contributed by atoms with E-state index in [4.69, 9.17) is 15.2 Å². The van der Waals surface area contributed by atoms with Crippen molar-refractivity contribution in [1.29, 1.82) is 0 Å². The summed E-state index contributed by atoms with van der Waals surface area (Å²) in [6.45, 7) is 1.73. The minimum Gasteiger partial charge on any atom is -0.493 e. The second-order valence-corrected chi connectivity index (χ2v) is 5.74. The molecule has 0 spiro atoms. The summed E-state index contributed by atoms with van der Waals surface area (Å²) in [7, 11) is 0. The third kappa shape index (κ3) is 3.10. The molecule has 19 heavy (non-hydrogen) atoms. The molecule has 1 aromatic carbocycles. The quantitative estimate of drug-likeness (QED) is 0.906. The first-order chi connectivity index (χ1) is 9.33. The van der Waals surface area contributed by atoms with Crippen LogP contribution in [0.5, 0.6) is 5.75 Å². The summed E-state index contributed by atoms with van der Waals surface area (Å²) in [5, 5.41) is 0. The molecule has 3 rings (SSSR count). The molecule has 1 fully saturated rings. The van der Waals surface area contributed by atoms with E-state index in [1.54, 1.807) is 0 Å². The van der Waals surface area contributed by atoms with Crippen molar-refractivity contribution in [3.05, 3.63) is 29.8 Å². The van der Waals surface area contributed by atoms with Gasteiger partial charge < -0.3 is 15.2 Å². The van der Waals surface area contributed by atoms with Crippen LogP contribution < -0.4 is 10.5 Å². The molecule has 2 heterocycles. The van der Waals surface area contributed by atoms with E-state index in [1.165, 1.54) is 18.4 Å². The Morgan fingerprint density at radius 1 is 1.16 bits per heavy atom. The van der Waals surface area contributed by atoms with E-state index >= 15 is 0 Å². The summed E-state index contributed by atoms with van der Waals surface area (Å²) in [4.78, 5) is 0. The molecular weight excluding hydrogens is 238 g/mol. The predicted octanol–water partition coefficient (Wildman–Crippen LogP) is 2.84. The molecule has 2 N–H and O–H groups in total. The standard InChI is InChI=1S/C16H23NO2/c17-13(11-14-4-3-8-18-14)10-12-7-9-19-16-6-2-1-5-15(12)16/h1-2,5-6,12-14H,3-4,7-11,17H2. The highest BCUT2D eigenvalue weighted by Crippen LogP contribution is 2.36. The first-order valence-electron chi connectivity index (χ1n) is 7.42. The van der Waals surface area contributed by atoms with E-state index in [0.29, 0.717) is 12.0 Å². The Hall–Kier alpha value is -1.06. The summed E-state index contributed by atoms with van der Waals surface area (Å²) in [6, 6.07) is 8.60. The second kappa shape index (κ2) is 5.93. The van der Waals surface area contributed by atoms with E-state index in [1.807, 2.05) is 6.07 Å². The van der Waals surface area contributed by atoms with Gasteiger partial charge in [-0.1, -0.05) is 18.2 Å². The van der Waals surface area contributed by atoms with Crippen LogP contribution in [0, 0.1) is 0 Å². The normalized spacial score (nSPS) is 27.6. The van der Waals surface area contributed by atoms with E-state index in [9.17, 15) is 0 Å². The molecule has 2 aliphatic rings. The van der Waals surface area contributed by atoms with Crippen molar-refractivity contribution in [2.45, 2.75) is 50.2 Å². The Balaban J connectivity index is 1.60. The first-order valence-corrected chi connectivity index (χ1v) is 7.42. The van der Waals surface area contributed by atoms with Gasteiger partial charge in [-0.25, -0.2) is 0 Å². The lowest BCUT2D eigenvalue weighted by atomic mass is 9.86. The summed E-state index contributed by atoms with van der Waals surface area (Å²) in [6.07, 6.45) is 5.89. The van der Waals surface area contributed by atoms with Gasteiger partial charge in [0, 0.05) is 12.6 Å². The van der Waals surface area contributed by atoms with Crippen molar-refractivity contribution in [2.75, 3.05) is 13.2 Å². The lowest BCUT2D eigenvalue weighted by Crippen LogP contribution is -2.29. The summed E-state index contributed by atoms with van der Waals surface area (Å²) < 4.78 is 11.4. The monoisotopic (exact) mass is 261 g/mol. The maximum Gasteiger partial charge on any atom is 0.122 e. The molecular formula is C16H23NO2. The van der Waals surface area contributed by atoms with Crippen LogP contribution in [0.4, 0.5) is 0 Å². The van der Waals surface area contributed by atoms with Crippen molar-refractivity contribution in [2.24, 2.45) is 5.73 Å². The number of rotatable bonds is 4. The number of hydrogen-bond acceptors (Lipinski definition) is 3. The minimum atomic E-state index is 0.235. The molecule has 0 amide bonds. The molecule has 0 aromatic heterocycles. The van der Waals surface area contributed by atoms with E-state index in [-0.39, 0.29) is 6.04 Å². The average Bonchev–Trinajstić information content (AvgIpc) is 2.92. The number of benzene rings is 1. The molecule has 3 nitrogen and oxygen atoms in total. The van der Waals surface area contributed by atoms with Gasteiger partial charge in [0.1, 0.15) is 5.75 Å². The van der Waals surface area contributed by atoms with Crippen molar-refractivity contribution in [3.8, 4) is 5.75 Å². The van der Waals surface area contributed by atoms with Crippen LogP contribution in [0.15, 0.2) is 24.3 Å². The zero-order chi connectivity index (χ0) is 13.1. The maximum atomic E-state index is 6.32. The molecule has 0 bridgehead atoms. The van der Waals surface area contributed by atoms with Crippen molar-refractivity contribution < 1.29 is 9.47 Å². The predicted molar refractivity (Wildman–Crippen MR) is 75.5 cm³/mol. The molecule has 3 atom stereocenters. The second-order valence-electron chi connectivity index (χ2n) is 5.74. The third-order valence-corrected chi connectivity index (χ3v) is 4.26. The smallest absolute Gasteiger partial charge is 0.122 e. The number of hydrogen-bond donors (Lipinski definition) is 1. The fourth-order valence-electron chi connectivity index (χ4n) is 3.29. The Morgan fingerprint density at radius 2 is 2.05 bits per heavy atom. The van der Waals surface area contributed by atoms with Gasteiger partial charge in [0.15, 0.2) is 0 Å². The van der Waals surface area contributed by atoms with Crippen molar-refractivity contribution in [1.82, 2.24) is 0 Å². The van der Waals surface area contributed by atoms with Gasteiger partial charge in [-0.2, -0.15) is 0 Å². The molecule has 104 valence electrons. The summed E-state index contributed by atoms with van der Waals surface area (Å²) in [5.74, 6) is 1.59. The molecule has 3 heteroatoms. The lowest BCUT2D eigenvalue weighted by Gasteiger charge is -2.28. The van der Waals surface area contributed by atoms with Gasteiger partial charge in [-0.05, 0) is 49.7 Å². The minimum absolute atomic E-state index is 0.235. The Kier molecular flexibility index (Phi) is 4.04. The highest BCUT2D eigenvalue weighted by molar-refractivity contribution is 5.37. The van der Waals surface area contributed by atoms with E-state index < -0.39 is 0 Å². The maximum absolute atomic E-state index is 6.32. The van der Waals surface area contributed by atoms with Gasteiger partial charge in [-0.3, -0.25) is 0 Å². The van der Waals surface area contributed by atoms with Gasteiger partial charge in [0.05, 0.1) is 12.7 Å². The number of fused-ring (bicyclic) bond motifs is 1. The van der Waals surface area contributed by atoms with Crippen LogP contribution >= 0.6 is 0 Å². The first kappa shape index (κ1) is 12.9. The van der Waals surface area contributed by atoms with Gasteiger partial charge in [0.2, 0.25) is 0 Å². The largest absolute Gasteiger partial charge is 0.493 e. The van der Waals surface area contributed by atoms with Crippen LogP contribution in [0.2, 0.25) is 0 Å². The van der Waals surface area contributed by atoms with Gasteiger partial charge >= 0.3 is 0 Å². The molecule has 1 saturated heterocycles.